The summed E-state index contributed by atoms with van der Waals surface area (Å²) in [5.41, 5.74) is 1.32. The van der Waals surface area contributed by atoms with Crippen LogP contribution in [0.2, 0.25) is 0 Å². The van der Waals surface area contributed by atoms with Crippen molar-refractivity contribution in [3.63, 3.8) is 0 Å². The number of nitrogens with zero attached hydrogens (tertiary/aromatic N) is 1. The summed E-state index contributed by atoms with van der Waals surface area (Å²) >= 11 is 7.38. The first-order valence-corrected chi connectivity index (χ1v) is 6.61. The molecule has 0 N–H and O–H groups in total. The van der Waals surface area contributed by atoms with Gasteiger partial charge in [0.15, 0.2) is 0 Å². The molecule has 82 valence electrons. The normalized spacial score (nSPS) is 15.1. The molecule has 0 bridgehead atoms. The highest BCUT2D eigenvalue weighted by molar-refractivity contribution is 7.10. The lowest BCUT2D eigenvalue weighted by molar-refractivity contribution is -0.132. The lowest BCUT2D eigenvalue weighted by Crippen LogP contribution is -2.35. The van der Waals surface area contributed by atoms with Gasteiger partial charge in [-0.15, -0.1) is 22.9 Å². The van der Waals surface area contributed by atoms with Crippen molar-refractivity contribution in [2.24, 2.45) is 0 Å². The summed E-state index contributed by atoms with van der Waals surface area (Å²) in [5.74, 6) is 0.816. The summed E-state index contributed by atoms with van der Waals surface area (Å²) in [7, 11) is 0. The van der Waals surface area contributed by atoms with Gasteiger partial charge in [-0.05, 0) is 29.9 Å². The Labute approximate surface area is 98.8 Å². The fourth-order valence-corrected chi connectivity index (χ4v) is 2.86. The van der Waals surface area contributed by atoms with Gasteiger partial charge in [-0.2, -0.15) is 0 Å². The predicted octanol–water partition coefficient (Wildman–Crippen LogP) is 2.65. The Balaban J connectivity index is 1.94. The van der Waals surface area contributed by atoms with Crippen molar-refractivity contribution in [2.75, 3.05) is 12.4 Å². The van der Waals surface area contributed by atoms with E-state index in [1.807, 2.05) is 4.90 Å². The van der Waals surface area contributed by atoms with Crippen LogP contribution in [0.1, 0.15) is 23.3 Å². The largest absolute Gasteiger partial charge is 0.338 e. The van der Waals surface area contributed by atoms with Gasteiger partial charge in [-0.3, -0.25) is 4.79 Å². The van der Waals surface area contributed by atoms with E-state index in [2.05, 4.69) is 11.4 Å². The van der Waals surface area contributed by atoms with Gasteiger partial charge < -0.3 is 4.90 Å². The van der Waals surface area contributed by atoms with Crippen LogP contribution in [0.25, 0.3) is 0 Å². The maximum atomic E-state index is 11.8. The zero-order chi connectivity index (χ0) is 10.7. The molecular formula is C11H14ClNOS. The number of thiophene rings is 1. The number of amides is 1. The second-order valence-electron chi connectivity index (χ2n) is 3.73. The number of carbonyl (C=O) groups is 1. The molecule has 0 aliphatic carbocycles. The van der Waals surface area contributed by atoms with Crippen molar-refractivity contribution < 1.29 is 4.79 Å². The van der Waals surface area contributed by atoms with Crippen LogP contribution in [0, 0.1) is 0 Å². The van der Waals surface area contributed by atoms with E-state index in [0.29, 0.717) is 12.3 Å². The highest BCUT2D eigenvalue weighted by Crippen LogP contribution is 2.24. The number of hydrogen-bond donors (Lipinski definition) is 0. The lowest BCUT2D eigenvalue weighted by Gasteiger charge is -2.27. The molecule has 2 nitrogen and oxygen atoms in total. The summed E-state index contributed by atoms with van der Waals surface area (Å²) in [4.78, 5) is 15.1. The van der Waals surface area contributed by atoms with Crippen molar-refractivity contribution in [3.05, 3.63) is 21.9 Å². The second kappa shape index (κ2) is 4.99. The van der Waals surface area contributed by atoms with E-state index in [0.717, 1.165) is 25.9 Å². The highest BCUT2D eigenvalue weighted by atomic mass is 35.5. The van der Waals surface area contributed by atoms with E-state index in [4.69, 9.17) is 11.6 Å². The van der Waals surface area contributed by atoms with Crippen LogP contribution in [0.3, 0.4) is 0 Å². The van der Waals surface area contributed by atoms with E-state index in [1.165, 1.54) is 10.4 Å². The number of rotatable bonds is 3. The van der Waals surface area contributed by atoms with Gasteiger partial charge in [-0.1, -0.05) is 0 Å². The molecule has 1 aliphatic rings. The van der Waals surface area contributed by atoms with Gasteiger partial charge in [0.1, 0.15) is 0 Å². The molecule has 15 heavy (non-hydrogen) atoms. The van der Waals surface area contributed by atoms with Gasteiger partial charge in [0.2, 0.25) is 5.91 Å². The maximum Gasteiger partial charge on any atom is 0.222 e. The Hall–Kier alpha value is -0.540. The molecule has 0 radical (unpaired) electrons. The standard InChI is InChI=1S/C11H14ClNOS/c12-5-1-2-11(14)13-6-3-10-9(8-13)4-7-15-10/h4,7H,1-3,5-6,8H2. The molecule has 0 aromatic carbocycles. The molecule has 1 amide bonds. The summed E-state index contributed by atoms with van der Waals surface area (Å²) in [5, 5.41) is 2.11. The third kappa shape index (κ3) is 2.52. The maximum absolute atomic E-state index is 11.8. The van der Waals surface area contributed by atoms with Crippen LogP contribution in [0.5, 0.6) is 0 Å². The van der Waals surface area contributed by atoms with Crippen LogP contribution in [0.4, 0.5) is 0 Å². The quantitative estimate of drug-likeness (QED) is 0.748. The first-order valence-electron chi connectivity index (χ1n) is 5.20. The van der Waals surface area contributed by atoms with Crippen molar-refractivity contribution in [3.8, 4) is 0 Å². The Morgan fingerprint density at radius 1 is 1.60 bits per heavy atom. The van der Waals surface area contributed by atoms with E-state index < -0.39 is 0 Å². The SMILES string of the molecule is O=C(CCCCl)N1CCc2sccc2C1. The van der Waals surface area contributed by atoms with Gasteiger partial charge in [0.25, 0.3) is 0 Å². The fraction of sp³-hybridized carbons (Fsp3) is 0.545. The third-order valence-electron chi connectivity index (χ3n) is 2.68. The topological polar surface area (TPSA) is 20.3 Å². The smallest absolute Gasteiger partial charge is 0.222 e. The minimum atomic E-state index is 0.243. The van der Waals surface area contributed by atoms with Gasteiger partial charge in [0.05, 0.1) is 0 Å². The first-order chi connectivity index (χ1) is 7.31. The third-order valence-corrected chi connectivity index (χ3v) is 3.97. The second-order valence-corrected chi connectivity index (χ2v) is 5.11. The zero-order valence-electron chi connectivity index (χ0n) is 8.54. The van der Waals surface area contributed by atoms with Crippen molar-refractivity contribution in [1.29, 1.82) is 0 Å². The molecule has 0 fully saturated rings. The number of alkyl halides is 1. The zero-order valence-corrected chi connectivity index (χ0v) is 10.1. The first kappa shape index (κ1) is 11.0. The van der Waals surface area contributed by atoms with Crippen LogP contribution in [-0.2, 0) is 17.8 Å². The van der Waals surface area contributed by atoms with E-state index in [-0.39, 0.29) is 5.91 Å². The average Bonchev–Trinajstić information content (AvgIpc) is 2.72. The van der Waals surface area contributed by atoms with Crippen molar-refractivity contribution in [1.82, 2.24) is 4.90 Å². The van der Waals surface area contributed by atoms with E-state index in [1.54, 1.807) is 11.3 Å². The van der Waals surface area contributed by atoms with Crippen LogP contribution < -0.4 is 0 Å². The van der Waals surface area contributed by atoms with Crippen molar-refractivity contribution in [2.45, 2.75) is 25.8 Å². The van der Waals surface area contributed by atoms with Crippen LogP contribution in [-0.4, -0.2) is 23.2 Å². The van der Waals surface area contributed by atoms with Gasteiger partial charge >= 0.3 is 0 Å². The van der Waals surface area contributed by atoms with Crippen LogP contribution >= 0.6 is 22.9 Å². The molecule has 0 unspecified atom stereocenters. The Morgan fingerprint density at radius 2 is 2.47 bits per heavy atom. The highest BCUT2D eigenvalue weighted by Gasteiger charge is 2.20. The fourth-order valence-electron chi connectivity index (χ4n) is 1.84. The summed E-state index contributed by atoms with van der Waals surface area (Å²) in [6.45, 7) is 1.66. The number of halogens is 1. The number of fused-ring (bicyclic) bond motifs is 1. The molecule has 1 aromatic rings. The Bertz CT molecular complexity index is 350. The minimum absolute atomic E-state index is 0.243. The molecule has 1 aliphatic heterocycles. The molecular weight excluding hydrogens is 230 g/mol. The van der Waals surface area contributed by atoms with Crippen LogP contribution in [0.15, 0.2) is 11.4 Å². The summed E-state index contributed by atoms with van der Waals surface area (Å²) < 4.78 is 0. The summed E-state index contributed by atoms with van der Waals surface area (Å²) in [6, 6.07) is 2.13. The van der Waals surface area contributed by atoms with Gasteiger partial charge in [0, 0.05) is 30.3 Å². The molecule has 1 aromatic heterocycles. The van der Waals surface area contributed by atoms with Gasteiger partial charge in [-0.25, -0.2) is 0 Å². The van der Waals surface area contributed by atoms with Crippen molar-refractivity contribution >= 4 is 28.8 Å². The van der Waals surface area contributed by atoms with E-state index in [9.17, 15) is 4.79 Å². The number of hydrogen-bond acceptors (Lipinski definition) is 2. The Morgan fingerprint density at radius 3 is 3.27 bits per heavy atom. The molecule has 4 heteroatoms. The van der Waals surface area contributed by atoms with E-state index >= 15 is 0 Å². The molecule has 0 atom stereocenters. The molecule has 0 spiro atoms. The minimum Gasteiger partial charge on any atom is -0.338 e. The monoisotopic (exact) mass is 243 g/mol. The molecule has 2 rings (SSSR count). The predicted molar refractivity (Wildman–Crippen MR) is 63.4 cm³/mol. The Kier molecular flexibility index (Phi) is 3.65. The summed E-state index contributed by atoms with van der Waals surface area (Å²) in [6.07, 6.45) is 2.38. The molecule has 2 heterocycles. The molecule has 0 saturated carbocycles. The molecule has 0 saturated heterocycles. The lowest BCUT2D eigenvalue weighted by atomic mass is 10.1. The average molecular weight is 244 g/mol. The number of carbonyl (C=O) groups excluding carboxylic acids is 1.